The van der Waals surface area contributed by atoms with Crippen molar-refractivity contribution in [2.75, 3.05) is 0 Å². The lowest BCUT2D eigenvalue weighted by Gasteiger charge is -1.86. The van der Waals surface area contributed by atoms with Gasteiger partial charge in [0, 0.05) is 5.71 Å². The molecule has 3 heteroatoms. The van der Waals surface area contributed by atoms with Gasteiger partial charge in [0.1, 0.15) is 5.84 Å². The Morgan fingerprint density at radius 2 is 1.75 bits per heavy atom. The van der Waals surface area contributed by atoms with Crippen LogP contribution in [0.15, 0.2) is 9.39 Å². The zero-order valence-corrected chi connectivity index (χ0v) is 6.24. The van der Waals surface area contributed by atoms with Crippen molar-refractivity contribution in [3.63, 3.8) is 0 Å². The number of hydrogen-bond donors (Lipinski definition) is 1. The van der Waals surface area contributed by atoms with Crippen molar-refractivity contribution in [3.8, 4) is 0 Å². The van der Waals surface area contributed by atoms with Gasteiger partial charge in [0.25, 0.3) is 0 Å². The highest BCUT2D eigenvalue weighted by atomic mass is 32.1. The number of rotatable bonds is 0. The largest absolute Gasteiger partial charge is 0.243 e. The third-order valence-electron chi connectivity index (χ3n) is 0.530. The van der Waals surface area contributed by atoms with Crippen LogP contribution in [-0.2, 0) is 0 Å². The third-order valence-corrected chi connectivity index (χ3v) is 0.820. The normalized spacial score (nSPS) is 11.2. The zero-order chi connectivity index (χ0) is 6.57. The van der Waals surface area contributed by atoms with E-state index in [4.69, 9.17) is 0 Å². The Morgan fingerprint density at radius 3 is 1.88 bits per heavy atom. The van der Waals surface area contributed by atoms with Crippen molar-refractivity contribution in [3.05, 3.63) is 0 Å². The van der Waals surface area contributed by atoms with Gasteiger partial charge in [-0.25, -0.2) is 9.39 Å². The van der Waals surface area contributed by atoms with E-state index in [9.17, 15) is 0 Å². The average Bonchev–Trinajstić information content (AvgIpc) is 1.65. The lowest BCUT2D eigenvalue weighted by atomic mass is 10.5. The van der Waals surface area contributed by atoms with Gasteiger partial charge < -0.3 is 0 Å². The van der Waals surface area contributed by atoms with Gasteiger partial charge in [-0.05, 0) is 33.6 Å². The molecule has 0 fully saturated rings. The van der Waals surface area contributed by atoms with Crippen LogP contribution in [0.3, 0.4) is 0 Å². The van der Waals surface area contributed by atoms with Crippen molar-refractivity contribution in [2.45, 2.75) is 20.8 Å². The SMILES string of the molecule is CC(C)=NC(C)=NS. The van der Waals surface area contributed by atoms with Crippen LogP contribution in [-0.4, -0.2) is 11.5 Å². The van der Waals surface area contributed by atoms with Crippen LogP contribution in [0.4, 0.5) is 0 Å². The number of thiol groups is 1. The molecule has 0 aromatic heterocycles. The Balaban J connectivity index is 3.89. The van der Waals surface area contributed by atoms with Crippen LogP contribution in [0.5, 0.6) is 0 Å². The molecule has 0 unspecified atom stereocenters. The molecule has 0 radical (unpaired) electrons. The highest BCUT2D eigenvalue weighted by molar-refractivity contribution is 7.79. The Kier molecular flexibility index (Phi) is 3.52. The Morgan fingerprint density at radius 1 is 1.25 bits per heavy atom. The number of nitrogens with zero attached hydrogens (tertiary/aromatic N) is 2. The van der Waals surface area contributed by atoms with Crippen molar-refractivity contribution >= 4 is 24.4 Å². The summed E-state index contributed by atoms with van der Waals surface area (Å²) in [5.74, 6) is 0.702. The minimum atomic E-state index is 0.702. The lowest BCUT2D eigenvalue weighted by Crippen LogP contribution is -1.88. The molecule has 0 rings (SSSR count). The molecule has 8 heavy (non-hydrogen) atoms. The van der Waals surface area contributed by atoms with E-state index in [1.807, 2.05) is 13.8 Å². The van der Waals surface area contributed by atoms with Gasteiger partial charge in [0.15, 0.2) is 0 Å². The van der Waals surface area contributed by atoms with Crippen LogP contribution in [0.25, 0.3) is 0 Å². The minimum absolute atomic E-state index is 0.702. The molecule has 0 amide bonds. The fraction of sp³-hybridized carbons (Fsp3) is 0.600. The molecule has 0 aromatic rings. The van der Waals surface area contributed by atoms with Crippen molar-refractivity contribution in [2.24, 2.45) is 9.39 Å². The smallest absolute Gasteiger partial charge is 0.133 e. The third kappa shape index (κ3) is 3.87. The summed E-state index contributed by atoms with van der Waals surface area (Å²) in [5, 5.41) is 0. The Hall–Kier alpha value is -0.310. The number of aliphatic imine (C=N–C) groups is 1. The fourth-order valence-electron chi connectivity index (χ4n) is 0.346. The molecular weight excluding hydrogens is 120 g/mol. The van der Waals surface area contributed by atoms with Crippen LogP contribution in [0.2, 0.25) is 0 Å². The molecule has 0 aliphatic rings. The van der Waals surface area contributed by atoms with E-state index < -0.39 is 0 Å². The molecule has 0 aromatic carbocycles. The van der Waals surface area contributed by atoms with Gasteiger partial charge >= 0.3 is 0 Å². The van der Waals surface area contributed by atoms with E-state index in [0.29, 0.717) is 5.84 Å². The summed E-state index contributed by atoms with van der Waals surface area (Å²) in [6, 6.07) is 0. The number of hydrogen-bond acceptors (Lipinski definition) is 2. The summed E-state index contributed by atoms with van der Waals surface area (Å²) in [4.78, 5) is 3.99. The molecule has 0 atom stereocenters. The summed E-state index contributed by atoms with van der Waals surface area (Å²) in [7, 11) is 0. The second kappa shape index (κ2) is 3.66. The molecule has 0 aliphatic carbocycles. The molecule has 46 valence electrons. The van der Waals surface area contributed by atoms with Gasteiger partial charge in [-0.2, -0.15) is 0 Å². The maximum absolute atomic E-state index is 3.99. The van der Waals surface area contributed by atoms with Gasteiger partial charge in [-0.1, -0.05) is 0 Å². The molecule has 0 saturated carbocycles. The first-order valence-electron chi connectivity index (χ1n) is 2.37. The molecular formula is C5H10N2S. The zero-order valence-electron chi connectivity index (χ0n) is 5.34. The van der Waals surface area contributed by atoms with Crippen molar-refractivity contribution in [1.29, 1.82) is 0 Å². The quantitative estimate of drug-likeness (QED) is 0.293. The van der Waals surface area contributed by atoms with E-state index in [1.165, 1.54) is 0 Å². The first kappa shape index (κ1) is 7.69. The van der Waals surface area contributed by atoms with Crippen LogP contribution in [0.1, 0.15) is 20.8 Å². The van der Waals surface area contributed by atoms with Gasteiger partial charge in [0.2, 0.25) is 0 Å². The highest BCUT2D eigenvalue weighted by Crippen LogP contribution is 1.84. The Labute approximate surface area is 55.3 Å². The molecule has 0 spiro atoms. The second-order valence-corrected chi connectivity index (χ2v) is 1.91. The van der Waals surface area contributed by atoms with E-state index in [0.717, 1.165) is 5.71 Å². The maximum Gasteiger partial charge on any atom is 0.133 e. The van der Waals surface area contributed by atoms with Crippen molar-refractivity contribution < 1.29 is 0 Å². The fourth-order valence-corrected chi connectivity index (χ4v) is 0.391. The van der Waals surface area contributed by atoms with Gasteiger partial charge in [-0.3, -0.25) is 0 Å². The summed E-state index contributed by atoms with van der Waals surface area (Å²) in [5.41, 5.74) is 1.00. The predicted octanol–water partition coefficient (Wildman–Crippen LogP) is 1.73. The number of amidine groups is 1. The average molecular weight is 130 g/mol. The van der Waals surface area contributed by atoms with Crippen LogP contribution >= 0.6 is 12.8 Å². The van der Waals surface area contributed by atoms with E-state index in [1.54, 1.807) is 6.92 Å². The Bertz CT molecular complexity index is 122. The van der Waals surface area contributed by atoms with Gasteiger partial charge in [0.05, 0.1) is 0 Å². The first-order valence-corrected chi connectivity index (χ1v) is 2.77. The molecule has 2 nitrogen and oxygen atoms in total. The summed E-state index contributed by atoms with van der Waals surface area (Å²) in [6.07, 6.45) is 0. The molecule has 0 N–H and O–H groups in total. The molecule has 0 saturated heterocycles. The van der Waals surface area contributed by atoms with Crippen molar-refractivity contribution in [1.82, 2.24) is 0 Å². The predicted molar refractivity (Wildman–Crippen MR) is 40.9 cm³/mol. The molecule has 0 aliphatic heterocycles. The summed E-state index contributed by atoms with van der Waals surface area (Å²) < 4.78 is 3.55. The maximum atomic E-state index is 3.99. The first-order chi connectivity index (χ1) is 3.66. The lowest BCUT2D eigenvalue weighted by molar-refractivity contribution is 1.52. The standard InChI is InChI=1S/C5H10N2S/c1-4(2)6-5(3)7-8/h8H,1-3H3. The second-order valence-electron chi connectivity index (χ2n) is 1.71. The van der Waals surface area contributed by atoms with Gasteiger partial charge in [-0.15, -0.1) is 0 Å². The van der Waals surface area contributed by atoms with Crippen LogP contribution in [0, 0.1) is 0 Å². The van der Waals surface area contributed by atoms with Crippen LogP contribution < -0.4 is 0 Å². The highest BCUT2D eigenvalue weighted by Gasteiger charge is 1.80. The molecule has 0 bridgehead atoms. The van der Waals surface area contributed by atoms with E-state index >= 15 is 0 Å². The topological polar surface area (TPSA) is 24.7 Å². The van der Waals surface area contributed by atoms with E-state index in [2.05, 4.69) is 22.2 Å². The monoisotopic (exact) mass is 130 g/mol. The summed E-state index contributed by atoms with van der Waals surface area (Å²) >= 11 is 3.67. The minimum Gasteiger partial charge on any atom is -0.243 e. The van der Waals surface area contributed by atoms with E-state index in [-0.39, 0.29) is 0 Å². The molecule has 0 heterocycles. The summed E-state index contributed by atoms with van der Waals surface area (Å²) in [6.45, 7) is 5.64.